The van der Waals surface area contributed by atoms with Crippen molar-refractivity contribution in [1.82, 2.24) is 14.5 Å². The largest absolute Gasteiger partial charge is 0.364 e. The number of carbonyl (C=O) groups excluding carboxylic acids is 2. The van der Waals surface area contributed by atoms with Gasteiger partial charge in [0.05, 0.1) is 18.2 Å². The first kappa shape index (κ1) is 15.4. The van der Waals surface area contributed by atoms with E-state index in [1.54, 1.807) is 0 Å². The number of imidazole rings is 1. The maximum atomic E-state index is 13.4. The molecule has 6 nitrogen and oxygen atoms in total. The maximum absolute atomic E-state index is 13.4. The molecule has 2 amide bonds. The summed E-state index contributed by atoms with van der Waals surface area (Å²) >= 11 is 0. The second kappa shape index (κ2) is 4.71. The van der Waals surface area contributed by atoms with E-state index in [1.165, 1.54) is 6.20 Å². The highest BCUT2D eigenvalue weighted by Gasteiger charge is 2.61. The number of aromatic nitrogens is 2. The molecule has 3 aliphatic rings. The van der Waals surface area contributed by atoms with Crippen LogP contribution in [0, 0.1) is 16.7 Å². The van der Waals surface area contributed by atoms with Crippen molar-refractivity contribution in [3.8, 4) is 0 Å². The smallest absolute Gasteiger partial charge is 0.266 e. The van der Waals surface area contributed by atoms with Gasteiger partial charge in [-0.2, -0.15) is 0 Å². The van der Waals surface area contributed by atoms with Gasteiger partial charge in [-0.05, 0) is 30.6 Å². The predicted octanol–water partition coefficient (Wildman–Crippen LogP) is 1.71. The SMILES string of the molecule is C=C1C(C)(C)[C@H]2CC[C@]1(C(=O)N1CCn3c(C(N)=O)cnc3C1)C2. The third-order valence-corrected chi connectivity index (χ3v) is 6.70. The first-order valence-corrected chi connectivity index (χ1v) is 8.61. The number of fused-ring (bicyclic) bond motifs is 3. The van der Waals surface area contributed by atoms with Crippen LogP contribution in [0.25, 0.3) is 0 Å². The Bertz CT molecular complexity index is 763. The van der Waals surface area contributed by atoms with E-state index in [-0.39, 0.29) is 11.3 Å². The molecule has 2 saturated carbocycles. The summed E-state index contributed by atoms with van der Waals surface area (Å²) in [5, 5.41) is 0. The number of nitrogens with zero attached hydrogens (tertiary/aromatic N) is 3. The van der Waals surface area contributed by atoms with Gasteiger partial charge in [-0.15, -0.1) is 0 Å². The average Bonchev–Trinajstić information content (AvgIpc) is 3.21. The van der Waals surface area contributed by atoms with Crippen LogP contribution in [0.3, 0.4) is 0 Å². The molecule has 2 aliphatic carbocycles. The van der Waals surface area contributed by atoms with Crippen LogP contribution in [-0.4, -0.2) is 32.8 Å². The number of primary amides is 1. The molecule has 1 aromatic heterocycles. The van der Waals surface area contributed by atoms with Crippen LogP contribution in [0.15, 0.2) is 18.3 Å². The molecule has 1 aromatic rings. The molecule has 2 atom stereocenters. The monoisotopic (exact) mass is 328 g/mol. The van der Waals surface area contributed by atoms with E-state index in [1.807, 2.05) is 9.47 Å². The lowest BCUT2D eigenvalue weighted by Gasteiger charge is -2.40. The minimum Gasteiger partial charge on any atom is -0.364 e. The Kier molecular flexibility index (Phi) is 3.03. The van der Waals surface area contributed by atoms with Crippen LogP contribution < -0.4 is 5.73 Å². The average molecular weight is 328 g/mol. The van der Waals surface area contributed by atoms with Crippen molar-refractivity contribution >= 4 is 11.8 Å². The molecule has 0 spiro atoms. The summed E-state index contributed by atoms with van der Waals surface area (Å²) in [4.78, 5) is 31.0. The second-order valence-electron chi connectivity index (χ2n) is 8.02. The Morgan fingerprint density at radius 3 is 2.75 bits per heavy atom. The van der Waals surface area contributed by atoms with Gasteiger partial charge < -0.3 is 15.2 Å². The summed E-state index contributed by atoms with van der Waals surface area (Å²) in [5.74, 6) is 1.01. The molecular formula is C18H24N4O2. The normalized spacial score (nSPS) is 30.5. The van der Waals surface area contributed by atoms with Gasteiger partial charge >= 0.3 is 0 Å². The zero-order chi connectivity index (χ0) is 17.3. The zero-order valence-corrected chi connectivity index (χ0v) is 14.3. The molecule has 0 saturated heterocycles. The fourth-order valence-corrected chi connectivity index (χ4v) is 5.05. The fraction of sp³-hybridized carbons (Fsp3) is 0.611. The lowest BCUT2D eigenvalue weighted by molar-refractivity contribution is -0.141. The minimum absolute atomic E-state index is 0.0430. The number of carbonyl (C=O) groups is 2. The Labute approximate surface area is 141 Å². The lowest BCUT2D eigenvalue weighted by Crippen LogP contribution is -2.47. The van der Waals surface area contributed by atoms with Crippen LogP contribution >= 0.6 is 0 Å². The van der Waals surface area contributed by atoms with Crippen molar-refractivity contribution in [2.24, 2.45) is 22.5 Å². The van der Waals surface area contributed by atoms with Gasteiger partial charge in [-0.1, -0.05) is 26.0 Å². The maximum Gasteiger partial charge on any atom is 0.266 e. The molecule has 0 aromatic carbocycles. The summed E-state index contributed by atoms with van der Waals surface area (Å²) in [5.41, 5.74) is 6.55. The van der Waals surface area contributed by atoms with E-state index in [0.717, 1.165) is 30.7 Å². The highest BCUT2D eigenvalue weighted by atomic mass is 16.2. The van der Waals surface area contributed by atoms with Crippen molar-refractivity contribution in [1.29, 1.82) is 0 Å². The number of hydrogen-bond acceptors (Lipinski definition) is 3. The number of nitrogens with two attached hydrogens (primary N) is 1. The summed E-state index contributed by atoms with van der Waals surface area (Å²) < 4.78 is 1.83. The molecule has 0 radical (unpaired) electrons. The molecule has 6 heteroatoms. The summed E-state index contributed by atoms with van der Waals surface area (Å²) in [6, 6.07) is 0. The molecule has 2 fully saturated rings. The van der Waals surface area contributed by atoms with Gasteiger partial charge in [0, 0.05) is 13.1 Å². The van der Waals surface area contributed by atoms with Crippen LogP contribution in [0.2, 0.25) is 0 Å². The highest BCUT2D eigenvalue weighted by Crippen LogP contribution is 2.66. The zero-order valence-electron chi connectivity index (χ0n) is 14.3. The van der Waals surface area contributed by atoms with Gasteiger partial charge in [-0.25, -0.2) is 4.98 Å². The molecule has 0 unspecified atom stereocenters. The Morgan fingerprint density at radius 2 is 2.12 bits per heavy atom. The third-order valence-electron chi connectivity index (χ3n) is 6.70. The Morgan fingerprint density at radius 1 is 1.38 bits per heavy atom. The Hall–Kier alpha value is -2.11. The topological polar surface area (TPSA) is 81.2 Å². The number of hydrogen-bond donors (Lipinski definition) is 1. The van der Waals surface area contributed by atoms with Gasteiger partial charge in [0.25, 0.3) is 5.91 Å². The van der Waals surface area contributed by atoms with E-state index in [9.17, 15) is 9.59 Å². The van der Waals surface area contributed by atoms with E-state index in [0.29, 0.717) is 31.2 Å². The highest BCUT2D eigenvalue weighted by molar-refractivity contribution is 5.91. The van der Waals surface area contributed by atoms with Crippen LogP contribution in [-0.2, 0) is 17.9 Å². The molecule has 128 valence electrons. The summed E-state index contributed by atoms with van der Waals surface area (Å²) in [6.45, 7) is 10.3. The molecule has 2 heterocycles. The van der Waals surface area contributed by atoms with E-state index >= 15 is 0 Å². The van der Waals surface area contributed by atoms with Gasteiger partial charge in [0.15, 0.2) is 0 Å². The van der Waals surface area contributed by atoms with E-state index in [4.69, 9.17) is 5.73 Å². The first-order valence-electron chi connectivity index (χ1n) is 8.61. The predicted molar refractivity (Wildman–Crippen MR) is 88.9 cm³/mol. The standard InChI is InChI=1S/C18H24N4O2/c1-11-17(2,3)12-4-5-18(11,8-12)16(24)21-6-7-22-13(15(19)23)9-20-14(22)10-21/h9,12H,1,4-8,10H2,2-3H3,(H2,19,23)/t12-,18-/m0/s1. The van der Waals surface area contributed by atoms with Crippen molar-refractivity contribution < 1.29 is 9.59 Å². The van der Waals surface area contributed by atoms with Crippen molar-refractivity contribution in [3.63, 3.8) is 0 Å². The minimum atomic E-state index is -0.475. The molecule has 24 heavy (non-hydrogen) atoms. The Balaban J connectivity index is 1.61. The van der Waals surface area contributed by atoms with Gasteiger partial charge in [0.2, 0.25) is 5.91 Å². The van der Waals surface area contributed by atoms with Crippen LogP contribution in [0.5, 0.6) is 0 Å². The van der Waals surface area contributed by atoms with Crippen molar-refractivity contribution in [2.75, 3.05) is 6.54 Å². The lowest BCUT2D eigenvalue weighted by atomic mass is 9.68. The van der Waals surface area contributed by atoms with Crippen molar-refractivity contribution in [2.45, 2.75) is 46.2 Å². The molecule has 2 bridgehead atoms. The summed E-state index contributed by atoms with van der Waals surface area (Å²) in [7, 11) is 0. The molecule has 1 aliphatic heterocycles. The van der Waals surface area contributed by atoms with E-state index in [2.05, 4.69) is 25.4 Å². The van der Waals surface area contributed by atoms with E-state index < -0.39 is 11.3 Å². The fourth-order valence-electron chi connectivity index (χ4n) is 5.05. The third kappa shape index (κ3) is 1.79. The van der Waals surface area contributed by atoms with Gasteiger partial charge in [0.1, 0.15) is 11.5 Å². The van der Waals surface area contributed by atoms with Crippen LogP contribution in [0.4, 0.5) is 0 Å². The molecule has 4 rings (SSSR count). The number of amides is 2. The number of rotatable bonds is 2. The second-order valence-corrected chi connectivity index (χ2v) is 8.02. The van der Waals surface area contributed by atoms with Crippen LogP contribution in [0.1, 0.15) is 49.4 Å². The molecular weight excluding hydrogens is 304 g/mol. The quantitative estimate of drug-likeness (QED) is 0.839. The van der Waals surface area contributed by atoms with Gasteiger partial charge in [-0.3, -0.25) is 9.59 Å². The summed E-state index contributed by atoms with van der Waals surface area (Å²) in [6.07, 6.45) is 4.45. The van der Waals surface area contributed by atoms with Crippen molar-refractivity contribution in [3.05, 3.63) is 29.9 Å². The first-order chi connectivity index (χ1) is 11.3. The molecule has 2 N–H and O–H groups in total.